The molecule has 2 heterocycles. The largest absolute Gasteiger partial charge is 0.370 e. The van der Waals surface area contributed by atoms with Crippen molar-refractivity contribution in [3.63, 3.8) is 0 Å². The molecule has 0 radical (unpaired) electrons. The maximum Gasteiger partial charge on any atom is 0.185 e. The number of rotatable bonds is 5. The molecule has 0 aliphatic carbocycles. The van der Waals surface area contributed by atoms with Crippen LogP contribution in [0.15, 0.2) is 57.9 Å². The van der Waals surface area contributed by atoms with E-state index in [1.807, 2.05) is 0 Å². The summed E-state index contributed by atoms with van der Waals surface area (Å²) in [5.41, 5.74) is 13.2. The van der Waals surface area contributed by atoms with Gasteiger partial charge in [0.05, 0.1) is 11.7 Å². The van der Waals surface area contributed by atoms with Crippen LogP contribution < -0.4 is 11.5 Å². The average molecular weight is 351 g/mol. The summed E-state index contributed by atoms with van der Waals surface area (Å²) in [6, 6.07) is 15.4. The van der Waals surface area contributed by atoms with E-state index in [0.29, 0.717) is 12.6 Å². The fraction of sp³-hybridized carbons (Fsp3) is 0.263. The molecule has 2 aromatic rings. The number of benzene rings is 2. The zero-order valence-corrected chi connectivity index (χ0v) is 14.7. The third-order valence-corrected chi connectivity index (χ3v) is 5.40. The predicted molar refractivity (Wildman–Crippen MR) is 107 cm³/mol. The maximum atomic E-state index is 5.36. The molecule has 0 unspecified atom stereocenters. The molecule has 0 aromatic heterocycles. The zero-order chi connectivity index (χ0) is 17.2. The summed E-state index contributed by atoms with van der Waals surface area (Å²) in [5, 5.41) is 5.85. The van der Waals surface area contributed by atoms with Gasteiger partial charge < -0.3 is 16.4 Å². The molecule has 1 atom stereocenters. The minimum absolute atomic E-state index is 0.162. The van der Waals surface area contributed by atoms with Gasteiger partial charge in [-0.2, -0.15) is 0 Å². The summed E-state index contributed by atoms with van der Waals surface area (Å²) < 4.78 is 0. The van der Waals surface area contributed by atoms with Crippen LogP contribution in [0.3, 0.4) is 0 Å². The lowest BCUT2D eigenvalue weighted by Gasteiger charge is -2.18. The highest BCUT2D eigenvalue weighted by atomic mass is 32.2. The van der Waals surface area contributed by atoms with Crippen LogP contribution in [0.2, 0.25) is 0 Å². The number of hydrogen-bond donors (Lipinski definition) is 2. The minimum atomic E-state index is 0.162. The molecule has 0 saturated carbocycles. The predicted octanol–water partition coefficient (Wildman–Crippen LogP) is 2.98. The molecule has 4 N–H and O–H groups in total. The summed E-state index contributed by atoms with van der Waals surface area (Å²) in [6.07, 6.45) is 1.95. The Morgan fingerprint density at radius 3 is 2.88 bits per heavy atom. The standard InChI is InChI=1S/C19H21N5S/c20-18(21)22-9-3-6-16-11-24-17(12-25-19(24)23-16)15-8-7-13-4-1-2-5-14(13)10-15/h1-2,4-5,7-8,10,12,16H,3,6,9,11H2,(H4,20,21,22)/t16-/m0/s1. The first-order valence-corrected chi connectivity index (χ1v) is 9.35. The first kappa shape index (κ1) is 16.0. The van der Waals surface area contributed by atoms with Crippen molar-refractivity contribution in [3.8, 4) is 0 Å². The van der Waals surface area contributed by atoms with Crippen molar-refractivity contribution in [1.29, 1.82) is 0 Å². The van der Waals surface area contributed by atoms with E-state index in [9.17, 15) is 0 Å². The quantitative estimate of drug-likeness (QED) is 0.493. The van der Waals surface area contributed by atoms with Crippen LogP contribution in [0.4, 0.5) is 0 Å². The molecule has 2 aliphatic rings. The lowest BCUT2D eigenvalue weighted by atomic mass is 10.0. The monoisotopic (exact) mass is 351 g/mol. The van der Waals surface area contributed by atoms with Gasteiger partial charge in [0, 0.05) is 18.5 Å². The summed E-state index contributed by atoms with van der Waals surface area (Å²) >= 11 is 1.72. The number of thioether (sulfide) groups is 1. The molecule has 2 aromatic carbocycles. The number of aliphatic imine (C=N–C) groups is 2. The Morgan fingerprint density at radius 1 is 1.20 bits per heavy atom. The second-order valence-electron chi connectivity index (χ2n) is 6.31. The van der Waals surface area contributed by atoms with Crippen LogP contribution in [0.5, 0.6) is 0 Å². The Bertz CT molecular complexity index is 882. The number of nitrogens with zero attached hydrogens (tertiary/aromatic N) is 3. The van der Waals surface area contributed by atoms with Crippen molar-refractivity contribution in [2.75, 3.05) is 13.1 Å². The molecule has 25 heavy (non-hydrogen) atoms. The van der Waals surface area contributed by atoms with Crippen LogP contribution in [-0.2, 0) is 0 Å². The Hall–Kier alpha value is -2.47. The third-order valence-electron chi connectivity index (χ3n) is 4.52. The summed E-state index contributed by atoms with van der Waals surface area (Å²) in [6.45, 7) is 1.60. The number of amidine groups is 1. The highest BCUT2D eigenvalue weighted by molar-refractivity contribution is 8.16. The molecule has 128 valence electrons. The average Bonchev–Trinajstić information content (AvgIpc) is 3.18. The maximum absolute atomic E-state index is 5.36. The van der Waals surface area contributed by atoms with Crippen LogP contribution in [0.25, 0.3) is 16.5 Å². The van der Waals surface area contributed by atoms with E-state index in [4.69, 9.17) is 16.5 Å². The van der Waals surface area contributed by atoms with E-state index in [1.54, 1.807) is 11.8 Å². The van der Waals surface area contributed by atoms with Gasteiger partial charge in [-0.05, 0) is 35.2 Å². The number of hydrogen-bond acceptors (Lipinski definition) is 4. The normalized spacial score (nSPS) is 18.9. The van der Waals surface area contributed by atoms with E-state index in [2.05, 4.69) is 57.8 Å². The lowest BCUT2D eigenvalue weighted by Crippen LogP contribution is -2.24. The smallest absolute Gasteiger partial charge is 0.185 e. The van der Waals surface area contributed by atoms with Gasteiger partial charge >= 0.3 is 0 Å². The SMILES string of the molecule is NC(N)=NCCC[C@H]1CN2C(c3ccc4ccccc4c3)=CSC2=N1. The van der Waals surface area contributed by atoms with Gasteiger partial charge in [-0.15, -0.1) is 0 Å². The molecule has 4 rings (SSSR count). The van der Waals surface area contributed by atoms with Crippen molar-refractivity contribution in [1.82, 2.24) is 4.90 Å². The molecule has 0 saturated heterocycles. The second-order valence-corrected chi connectivity index (χ2v) is 7.14. The third kappa shape index (κ3) is 3.35. The Balaban J connectivity index is 1.45. The molecule has 0 bridgehead atoms. The van der Waals surface area contributed by atoms with Crippen molar-refractivity contribution in [3.05, 3.63) is 53.4 Å². The van der Waals surface area contributed by atoms with Crippen LogP contribution in [0.1, 0.15) is 18.4 Å². The molecule has 6 heteroatoms. The number of guanidine groups is 1. The van der Waals surface area contributed by atoms with E-state index >= 15 is 0 Å². The summed E-state index contributed by atoms with van der Waals surface area (Å²) in [5.74, 6) is 0.162. The molecular formula is C19H21N5S. The highest BCUT2D eigenvalue weighted by Gasteiger charge is 2.32. The van der Waals surface area contributed by atoms with Crippen molar-refractivity contribution >= 4 is 39.4 Å². The van der Waals surface area contributed by atoms with Crippen LogP contribution in [-0.4, -0.2) is 35.2 Å². The number of nitrogens with two attached hydrogens (primary N) is 2. The van der Waals surface area contributed by atoms with E-state index in [-0.39, 0.29) is 5.96 Å². The van der Waals surface area contributed by atoms with E-state index in [0.717, 1.165) is 24.6 Å². The van der Waals surface area contributed by atoms with E-state index in [1.165, 1.54) is 22.0 Å². The van der Waals surface area contributed by atoms with Crippen molar-refractivity contribution in [2.45, 2.75) is 18.9 Å². The molecule has 0 amide bonds. The van der Waals surface area contributed by atoms with Crippen LogP contribution in [0, 0.1) is 0 Å². The summed E-state index contributed by atoms with van der Waals surface area (Å²) in [4.78, 5) is 11.2. The highest BCUT2D eigenvalue weighted by Crippen LogP contribution is 2.38. The summed E-state index contributed by atoms with van der Waals surface area (Å²) in [7, 11) is 0. The van der Waals surface area contributed by atoms with Crippen molar-refractivity contribution < 1.29 is 0 Å². The second kappa shape index (κ2) is 6.80. The van der Waals surface area contributed by atoms with Crippen molar-refractivity contribution in [2.24, 2.45) is 21.5 Å². The topological polar surface area (TPSA) is 80.0 Å². The number of fused-ring (bicyclic) bond motifs is 2. The van der Waals surface area contributed by atoms with Gasteiger partial charge in [-0.3, -0.25) is 9.98 Å². The van der Waals surface area contributed by atoms with E-state index < -0.39 is 0 Å². The van der Waals surface area contributed by atoms with Gasteiger partial charge in [0.2, 0.25) is 0 Å². The van der Waals surface area contributed by atoms with Gasteiger partial charge in [-0.1, -0.05) is 48.2 Å². The Morgan fingerprint density at radius 2 is 2.04 bits per heavy atom. The lowest BCUT2D eigenvalue weighted by molar-refractivity contribution is 0.523. The molecule has 2 aliphatic heterocycles. The van der Waals surface area contributed by atoms with Gasteiger partial charge in [0.25, 0.3) is 0 Å². The zero-order valence-electron chi connectivity index (χ0n) is 13.9. The molecule has 0 spiro atoms. The molecule has 5 nitrogen and oxygen atoms in total. The van der Waals surface area contributed by atoms with Crippen LogP contribution >= 0.6 is 11.8 Å². The fourth-order valence-corrected chi connectivity index (χ4v) is 4.28. The van der Waals surface area contributed by atoms with Gasteiger partial charge in [0.1, 0.15) is 0 Å². The minimum Gasteiger partial charge on any atom is -0.370 e. The Labute approximate surface area is 151 Å². The molecular weight excluding hydrogens is 330 g/mol. The first-order valence-electron chi connectivity index (χ1n) is 8.47. The Kier molecular flexibility index (Phi) is 4.36. The van der Waals surface area contributed by atoms with Gasteiger partial charge in [0.15, 0.2) is 11.1 Å². The molecule has 0 fully saturated rings. The fourth-order valence-electron chi connectivity index (χ4n) is 3.29. The first-order chi connectivity index (χ1) is 12.2. The van der Waals surface area contributed by atoms with Gasteiger partial charge in [-0.25, -0.2) is 0 Å².